The summed E-state index contributed by atoms with van der Waals surface area (Å²) >= 11 is 0. The summed E-state index contributed by atoms with van der Waals surface area (Å²) in [4.78, 5) is 15.3. The van der Waals surface area contributed by atoms with E-state index >= 15 is 0 Å². The van der Waals surface area contributed by atoms with Gasteiger partial charge in [0.15, 0.2) is 0 Å². The average molecular weight is 359 g/mol. The van der Waals surface area contributed by atoms with Crippen LogP contribution in [0.4, 0.5) is 4.39 Å². The van der Waals surface area contributed by atoms with Crippen LogP contribution in [-0.2, 0) is 0 Å². The van der Waals surface area contributed by atoms with E-state index in [4.69, 9.17) is 0 Å². The third-order valence-electron chi connectivity index (χ3n) is 4.14. The second-order valence-corrected chi connectivity index (χ2v) is 5.94. The molecule has 5 nitrogen and oxygen atoms in total. The van der Waals surface area contributed by atoms with Crippen molar-refractivity contribution >= 4 is 5.97 Å². The highest BCUT2D eigenvalue weighted by Gasteiger charge is 2.17. The van der Waals surface area contributed by atoms with Crippen molar-refractivity contribution in [1.82, 2.24) is 14.8 Å². The minimum absolute atomic E-state index is 0.113. The number of pyridine rings is 1. The standard InChI is InChI=1S/C21H14FN3O2/c22-17-11-15(10-16(12-17)21(26)27)19-13-25(18-4-2-1-3-5-18)24-20(19)14-6-8-23-9-7-14/h1-13H,(H,26,27). The highest BCUT2D eigenvalue weighted by molar-refractivity contribution is 5.91. The first-order valence-corrected chi connectivity index (χ1v) is 8.21. The van der Waals surface area contributed by atoms with Gasteiger partial charge in [0, 0.05) is 29.7 Å². The summed E-state index contributed by atoms with van der Waals surface area (Å²) in [7, 11) is 0. The third-order valence-corrected chi connectivity index (χ3v) is 4.14. The Kier molecular flexibility index (Phi) is 4.22. The predicted octanol–water partition coefficient (Wildman–Crippen LogP) is 4.44. The van der Waals surface area contributed by atoms with Gasteiger partial charge in [-0.1, -0.05) is 18.2 Å². The fourth-order valence-corrected chi connectivity index (χ4v) is 2.89. The van der Waals surface area contributed by atoms with Gasteiger partial charge in [0.05, 0.1) is 11.3 Å². The molecule has 0 aliphatic carbocycles. The van der Waals surface area contributed by atoms with Crippen LogP contribution in [0.25, 0.3) is 28.1 Å². The van der Waals surface area contributed by atoms with Gasteiger partial charge in [-0.2, -0.15) is 5.10 Å². The Morgan fingerprint density at radius 3 is 2.41 bits per heavy atom. The Bertz CT molecular complexity index is 1110. The second kappa shape index (κ2) is 6.84. The van der Waals surface area contributed by atoms with Gasteiger partial charge in [-0.25, -0.2) is 13.9 Å². The third kappa shape index (κ3) is 3.32. The summed E-state index contributed by atoms with van der Waals surface area (Å²) in [5.74, 6) is -1.80. The van der Waals surface area contributed by atoms with E-state index in [0.29, 0.717) is 16.8 Å². The number of benzene rings is 2. The van der Waals surface area contributed by atoms with Gasteiger partial charge in [-0.3, -0.25) is 4.98 Å². The minimum atomic E-state index is -1.18. The molecule has 0 radical (unpaired) electrons. The van der Waals surface area contributed by atoms with Gasteiger partial charge in [0.2, 0.25) is 0 Å². The molecule has 2 aromatic heterocycles. The number of carboxylic acid groups (broad SMARTS) is 1. The molecule has 1 N–H and O–H groups in total. The fourth-order valence-electron chi connectivity index (χ4n) is 2.89. The lowest BCUT2D eigenvalue weighted by Crippen LogP contribution is -1.97. The molecular weight excluding hydrogens is 345 g/mol. The summed E-state index contributed by atoms with van der Waals surface area (Å²) in [6.07, 6.45) is 5.06. The molecule has 0 aliphatic heterocycles. The predicted molar refractivity (Wildman–Crippen MR) is 99.1 cm³/mol. The van der Waals surface area contributed by atoms with Crippen LogP contribution in [0.2, 0.25) is 0 Å². The van der Waals surface area contributed by atoms with Crippen LogP contribution in [0, 0.1) is 5.82 Å². The van der Waals surface area contributed by atoms with Gasteiger partial charge in [-0.15, -0.1) is 0 Å². The zero-order valence-electron chi connectivity index (χ0n) is 14.1. The molecule has 4 rings (SSSR count). The molecule has 4 aromatic rings. The van der Waals surface area contributed by atoms with Crippen LogP contribution >= 0.6 is 0 Å². The zero-order valence-corrected chi connectivity index (χ0v) is 14.1. The summed E-state index contributed by atoms with van der Waals surface area (Å²) < 4.78 is 15.7. The Labute approximate surface area is 154 Å². The lowest BCUT2D eigenvalue weighted by Gasteiger charge is -2.04. The number of halogens is 1. The van der Waals surface area contributed by atoms with Gasteiger partial charge in [0.1, 0.15) is 11.5 Å². The number of hydrogen-bond donors (Lipinski definition) is 1. The number of carbonyl (C=O) groups is 1. The SMILES string of the molecule is O=C(O)c1cc(F)cc(-c2cn(-c3ccccc3)nc2-c2ccncc2)c1. The van der Waals surface area contributed by atoms with Crippen LogP contribution in [0.5, 0.6) is 0 Å². The van der Waals surface area contributed by atoms with E-state index in [-0.39, 0.29) is 5.56 Å². The molecule has 27 heavy (non-hydrogen) atoms. The van der Waals surface area contributed by atoms with Crippen LogP contribution in [0.3, 0.4) is 0 Å². The summed E-state index contributed by atoms with van der Waals surface area (Å²) in [6, 6.07) is 16.9. The molecule has 0 saturated carbocycles. The molecule has 0 fully saturated rings. The topological polar surface area (TPSA) is 68.0 Å². The number of rotatable bonds is 4. The monoisotopic (exact) mass is 359 g/mol. The van der Waals surface area contributed by atoms with Gasteiger partial charge >= 0.3 is 5.97 Å². The van der Waals surface area contributed by atoms with Crippen molar-refractivity contribution in [3.05, 3.63) is 90.6 Å². The molecule has 132 valence electrons. The fraction of sp³-hybridized carbons (Fsp3) is 0. The first kappa shape index (κ1) is 16.7. The lowest BCUT2D eigenvalue weighted by molar-refractivity contribution is 0.0696. The first-order valence-electron chi connectivity index (χ1n) is 8.21. The van der Waals surface area contributed by atoms with E-state index in [1.54, 1.807) is 35.4 Å². The van der Waals surface area contributed by atoms with Gasteiger partial charge < -0.3 is 5.11 Å². The summed E-state index contributed by atoms with van der Waals surface area (Å²) in [5.41, 5.74) is 3.22. The Hall–Kier alpha value is -3.80. The van der Waals surface area contributed by atoms with Crippen LogP contribution < -0.4 is 0 Å². The molecule has 0 aliphatic rings. The van der Waals surface area contributed by atoms with Crippen LogP contribution in [-0.4, -0.2) is 25.8 Å². The summed E-state index contributed by atoms with van der Waals surface area (Å²) in [6.45, 7) is 0. The van der Waals surface area contributed by atoms with E-state index in [1.807, 2.05) is 30.3 Å². The Morgan fingerprint density at radius 2 is 1.70 bits per heavy atom. The number of nitrogens with zero attached hydrogens (tertiary/aromatic N) is 3. The maximum Gasteiger partial charge on any atom is 0.335 e. The van der Waals surface area contributed by atoms with E-state index in [1.165, 1.54) is 12.1 Å². The molecule has 0 saturated heterocycles. The van der Waals surface area contributed by atoms with Gasteiger partial charge in [-0.05, 0) is 48.0 Å². The molecular formula is C21H14FN3O2. The smallest absolute Gasteiger partial charge is 0.335 e. The lowest BCUT2D eigenvalue weighted by atomic mass is 10.0. The van der Waals surface area contributed by atoms with Crippen molar-refractivity contribution in [2.45, 2.75) is 0 Å². The number of carboxylic acids is 1. The van der Waals surface area contributed by atoms with Crippen LogP contribution in [0.15, 0.2) is 79.3 Å². The van der Waals surface area contributed by atoms with Crippen molar-refractivity contribution in [2.24, 2.45) is 0 Å². The molecule has 0 unspecified atom stereocenters. The van der Waals surface area contributed by atoms with E-state index in [2.05, 4.69) is 10.1 Å². The number of aromatic nitrogens is 3. The molecule has 2 aromatic carbocycles. The number of para-hydroxylation sites is 1. The molecule has 2 heterocycles. The molecule has 6 heteroatoms. The average Bonchev–Trinajstić information content (AvgIpc) is 3.14. The van der Waals surface area contributed by atoms with Crippen molar-refractivity contribution in [2.75, 3.05) is 0 Å². The molecule has 0 atom stereocenters. The van der Waals surface area contributed by atoms with Crippen molar-refractivity contribution in [3.8, 4) is 28.1 Å². The van der Waals surface area contributed by atoms with E-state index < -0.39 is 11.8 Å². The molecule has 0 spiro atoms. The number of hydrogen-bond acceptors (Lipinski definition) is 3. The second-order valence-electron chi connectivity index (χ2n) is 5.94. The Morgan fingerprint density at radius 1 is 0.963 bits per heavy atom. The molecule has 0 amide bonds. The Balaban J connectivity index is 1.94. The molecule has 0 bridgehead atoms. The summed E-state index contributed by atoms with van der Waals surface area (Å²) in [5, 5.41) is 13.9. The maximum atomic E-state index is 14.0. The van der Waals surface area contributed by atoms with Crippen molar-refractivity contribution < 1.29 is 14.3 Å². The zero-order chi connectivity index (χ0) is 18.8. The largest absolute Gasteiger partial charge is 0.478 e. The van der Waals surface area contributed by atoms with Gasteiger partial charge in [0.25, 0.3) is 0 Å². The maximum absolute atomic E-state index is 14.0. The van der Waals surface area contributed by atoms with E-state index in [0.717, 1.165) is 17.3 Å². The normalized spacial score (nSPS) is 10.7. The van der Waals surface area contributed by atoms with E-state index in [9.17, 15) is 14.3 Å². The van der Waals surface area contributed by atoms with Crippen molar-refractivity contribution in [1.29, 1.82) is 0 Å². The highest BCUT2D eigenvalue weighted by Crippen LogP contribution is 2.32. The highest BCUT2D eigenvalue weighted by atomic mass is 19.1. The number of aromatic carboxylic acids is 1. The quantitative estimate of drug-likeness (QED) is 0.585. The van der Waals surface area contributed by atoms with Crippen molar-refractivity contribution in [3.63, 3.8) is 0 Å². The first-order chi connectivity index (χ1) is 13.1. The minimum Gasteiger partial charge on any atom is -0.478 e. The van der Waals surface area contributed by atoms with Crippen LogP contribution in [0.1, 0.15) is 10.4 Å².